The van der Waals surface area contributed by atoms with E-state index in [0.29, 0.717) is 0 Å². The third kappa shape index (κ3) is 2.40. The minimum Gasteiger partial charge on any atom is -0.298 e. The summed E-state index contributed by atoms with van der Waals surface area (Å²) in [5, 5.41) is 7.35. The van der Waals surface area contributed by atoms with Crippen molar-refractivity contribution in [3.63, 3.8) is 0 Å². The van der Waals surface area contributed by atoms with Crippen LogP contribution in [0, 0.1) is 12.3 Å². The number of rotatable bonds is 3. The number of hydrogen-bond acceptors (Lipinski definition) is 2. The van der Waals surface area contributed by atoms with E-state index < -0.39 is 0 Å². The predicted octanol–water partition coefficient (Wildman–Crippen LogP) is 0.531. The Hall–Kier alpha value is -1.27. The molecule has 0 fully saturated rings. The molecule has 0 aliphatic carbocycles. The van der Waals surface area contributed by atoms with Crippen molar-refractivity contribution in [1.82, 2.24) is 15.1 Å². The smallest absolute Gasteiger partial charge is 0.0762 e. The van der Waals surface area contributed by atoms with Gasteiger partial charge in [-0.25, -0.2) is 0 Å². The number of nitrogens with zero attached hydrogens (tertiary/aromatic N) is 2. The number of aromatic nitrogens is 2. The fourth-order valence-electron chi connectivity index (χ4n) is 0.874. The van der Waals surface area contributed by atoms with Crippen LogP contribution in [0.2, 0.25) is 0 Å². The largest absolute Gasteiger partial charge is 0.298 e. The van der Waals surface area contributed by atoms with E-state index in [-0.39, 0.29) is 6.04 Å². The van der Waals surface area contributed by atoms with E-state index in [0.717, 1.165) is 12.2 Å². The normalized spacial score (nSPS) is 12.4. The van der Waals surface area contributed by atoms with Crippen molar-refractivity contribution in [3.8, 4) is 12.3 Å². The molecule has 0 aliphatic rings. The highest BCUT2D eigenvalue weighted by Crippen LogP contribution is 1.93. The first-order valence-corrected chi connectivity index (χ1v) is 3.90. The zero-order chi connectivity index (χ0) is 8.97. The van der Waals surface area contributed by atoms with Crippen LogP contribution in [-0.2, 0) is 13.6 Å². The monoisotopic (exact) mass is 163 g/mol. The number of aryl methyl sites for hydroxylation is 1. The summed E-state index contributed by atoms with van der Waals surface area (Å²) in [6, 6.07) is 2.07. The fourth-order valence-corrected chi connectivity index (χ4v) is 0.874. The molecule has 12 heavy (non-hydrogen) atoms. The maximum atomic E-state index is 5.20. The van der Waals surface area contributed by atoms with E-state index in [1.165, 1.54) is 0 Å². The van der Waals surface area contributed by atoms with Crippen molar-refractivity contribution in [3.05, 3.63) is 18.0 Å². The Morgan fingerprint density at radius 3 is 3.08 bits per heavy atom. The molecule has 1 atom stereocenters. The molecular weight excluding hydrogens is 150 g/mol. The maximum absolute atomic E-state index is 5.20. The third-order valence-electron chi connectivity index (χ3n) is 1.61. The van der Waals surface area contributed by atoms with Crippen LogP contribution in [0.15, 0.2) is 12.3 Å². The van der Waals surface area contributed by atoms with E-state index in [9.17, 15) is 0 Å². The Balaban J connectivity index is 2.39. The van der Waals surface area contributed by atoms with Crippen LogP contribution in [0.25, 0.3) is 0 Å². The van der Waals surface area contributed by atoms with Crippen LogP contribution in [0.3, 0.4) is 0 Å². The molecule has 0 amide bonds. The van der Waals surface area contributed by atoms with Crippen molar-refractivity contribution in [2.24, 2.45) is 7.05 Å². The van der Waals surface area contributed by atoms with Gasteiger partial charge in [-0.3, -0.25) is 10.00 Å². The van der Waals surface area contributed by atoms with Crippen LogP contribution in [0.4, 0.5) is 0 Å². The Labute approximate surface area is 72.8 Å². The van der Waals surface area contributed by atoms with Gasteiger partial charge in [-0.2, -0.15) is 5.10 Å². The van der Waals surface area contributed by atoms with Crippen LogP contribution < -0.4 is 5.32 Å². The standard InChI is InChI=1S/C9H13N3/c1-4-8(2)10-7-9-5-6-12(3)11-9/h1,5-6,8,10H,7H2,2-3H3. The summed E-state index contributed by atoms with van der Waals surface area (Å²) in [5.41, 5.74) is 1.01. The molecule has 0 saturated carbocycles. The lowest BCUT2D eigenvalue weighted by atomic mass is 10.3. The van der Waals surface area contributed by atoms with E-state index in [1.54, 1.807) is 4.68 Å². The first-order valence-electron chi connectivity index (χ1n) is 3.90. The van der Waals surface area contributed by atoms with Gasteiger partial charge in [0, 0.05) is 19.8 Å². The molecule has 3 nitrogen and oxygen atoms in total. The lowest BCUT2D eigenvalue weighted by molar-refractivity contribution is 0.624. The van der Waals surface area contributed by atoms with Gasteiger partial charge >= 0.3 is 0 Å². The molecule has 1 aromatic heterocycles. The molecule has 1 rings (SSSR count). The van der Waals surface area contributed by atoms with Gasteiger partial charge in [0.2, 0.25) is 0 Å². The zero-order valence-electron chi connectivity index (χ0n) is 7.41. The van der Waals surface area contributed by atoms with E-state index in [1.807, 2.05) is 26.2 Å². The first-order chi connectivity index (χ1) is 5.72. The molecule has 64 valence electrons. The average molecular weight is 163 g/mol. The van der Waals surface area contributed by atoms with Crippen LogP contribution in [0.5, 0.6) is 0 Å². The van der Waals surface area contributed by atoms with Crippen molar-refractivity contribution in [2.45, 2.75) is 19.5 Å². The Morgan fingerprint density at radius 1 is 1.83 bits per heavy atom. The highest BCUT2D eigenvalue weighted by atomic mass is 15.3. The molecule has 0 spiro atoms. The van der Waals surface area contributed by atoms with Crippen LogP contribution >= 0.6 is 0 Å². The molecule has 1 heterocycles. The highest BCUT2D eigenvalue weighted by Gasteiger charge is 1.98. The molecule has 1 unspecified atom stereocenters. The third-order valence-corrected chi connectivity index (χ3v) is 1.61. The van der Waals surface area contributed by atoms with E-state index in [2.05, 4.69) is 16.3 Å². The second-order valence-corrected chi connectivity index (χ2v) is 2.75. The van der Waals surface area contributed by atoms with Gasteiger partial charge in [-0.15, -0.1) is 6.42 Å². The molecule has 1 aromatic rings. The molecule has 0 radical (unpaired) electrons. The molecule has 1 N–H and O–H groups in total. The number of terminal acetylenes is 1. The molecule has 0 bridgehead atoms. The summed E-state index contributed by atoms with van der Waals surface area (Å²) in [5.74, 6) is 2.60. The zero-order valence-corrected chi connectivity index (χ0v) is 7.41. The molecule has 0 saturated heterocycles. The van der Waals surface area contributed by atoms with Gasteiger partial charge in [0.05, 0.1) is 11.7 Å². The van der Waals surface area contributed by atoms with Crippen molar-refractivity contribution < 1.29 is 0 Å². The lowest BCUT2D eigenvalue weighted by Crippen LogP contribution is -2.23. The maximum Gasteiger partial charge on any atom is 0.0762 e. The average Bonchev–Trinajstić information content (AvgIpc) is 2.47. The lowest BCUT2D eigenvalue weighted by Gasteiger charge is -2.03. The van der Waals surface area contributed by atoms with Gasteiger partial charge in [0.25, 0.3) is 0 Å². The van der Waals surface area contributed by atoms with E-state index >= 15 is 0 Å². The van der Waals surface area contributed by atoms with Crippen molar-refractivity contribution in [1.29, 1.82) is 0 Å². The fraction of sp³-hybridized carbons (Fsp3) is 0.444. The summed E-state index contributed by atoms with van der Waals surface area (Å²) < 4.78 is 1.78. The van der Waals surface area contributed by atoms with Crippen molar-refractivity contribution >= 4 is 0 Å². The predicted molar refractivity (Wildman–Crippen MR) is 48.3 cm³/mol. The Kier molecular flexibility index (Phi) is 2.89. The summed E-state index contributed by atoms with van der Waals surface area (Å²) >= 11 is 0. The quantitative estimate of drug-likeness (QED) is 0.659. The number of hydrogen-bond donors (Lipinski definition) is 1. The molecular formula is C9H13N3. The highest BCUT2D eigenvalue weighted by molar-refractivity contribution is 5.01. The second-order valence-electron chi connectivity index (χ2n) is 2.75. The SMILES string of the molecule is C#CC(C)NCc1ccn(C)n1. The number of nitrogens with one attached hydrogen (secondary N) is 1. The van der Waals surface area contributed by atoms with E-state index in [4.69, 9.17) is 6.42 Å². The minimum absolute atomic E-state index is 0.104. The van der Waals surface area contributed by atoms with Crippen LogP contribution in [-0.4, -0.2) is 15.8 Å². The summed E-state index contributed by atoms with van der Waals surface area (Å²) in [6.07, 6.45) is 7.12. The van der Waals surface area contributed by atoms with Gasteiger partial charge < -0.3 is 0 Å². The minimum atomic E-state index is 0.104. The molecule has 0 aliphatic heterocycles. The first kappa shape index (κ1) is 8.82. The van der Waals surface area contributed by atoms with Gasteiger partial charge in [-0.05, 0) is 13.0 Å². The van der Waals surface area contributed by atoms with Crippen molar-refractivity contribution in [2.75, 3.05) is 0 Å². The summed E-state index contributed by atoms with van der Waals surface area (Å²) in [4.78, 5) is 0. The van der Waals surface area contributed by atoms with Gasteiger partial charge in [-0.1, -0.05) is 5.92 Å². The summed E-state index contributed by atoms with van der Waals surface area (Å²) in [7, 11) is 1.90. The molecule has 3 heteroatoms. The van der Waals surface area contributed by atoms with Crippen LogP contribution in [0.1, 0.15) is 12.6 Å². The Bertz CT molecular complexity index is 282. The Morgan fingerprint density at radius 2 is 2.58 bits per heavy atom. The van der Waals surface area contributed by atoms with Gasteiger partial charge in [0.15, 0.2) is 0 Å². The summed E-state index contributed by atoms with van der Waals surface area (Å²) in [6.45, 7) is 2.68. The van der Waals surface area contributed by atoms with Gasteiger partial charge in [0.1, 0.15) is 0 Å². The topological polar surface area (TPSA) is 29.9 Å². The molecule has 0 aromatic carbocycles. The second kappa shape index (κ2) is 3.93.